The lowest BCUT2D eigenvalue weighted by Gasteiger charge is -2.17. The number of benzene rings is 1. The summed E-state index contributed by atoms with van der Waals surface area (Å²) in [5, 5.41) is 0.170. The molecule has 20 heavy (non-hydrogen) atoms. The first-order valence-corrected chi connectivity index (χ1v) is 6.51. The fraction of sp³-hybridized carbons (Fsp3) is 0.231. The molecule has 0 atom stereocenters. The first-order valence-electron chi connectivity index (χ1n) is 5.70. The number of alkyl halides is 3. The Morgan fingerprint density at radius 1 is 1.30 bits per heavy atom. The second-order valence-electron chi connectivity index (χ2n) is 4.16. The quantitative estimate of drug-likeness (QED) is 0.809. The van der Waals surface area contributed by atoms with Crippen molar-refractivity contribution < 1.29 is 18.0 Å². The van der Waals surface area contributed by atoms with Crippen molar-refractivity contribution in [2.24, 2.45) is 0 Å². The Kier molecular flexibility index (Phi) is 4.08. The van der Waals surface area contributed by atoms with Gasteiger partial charge < -0.3 is 4.90 Å². The summed E-state index contributed by atoms with van der Waals surface area (Å²) in [7, 11) is 1.30. The molecule has 0 fully saturated rings. The maximum atomic E-state index is 12.4. The number of halogens is 3. The average molecular weight is 300 g/mol. The van der Waals surface area contributed by atoms with E-state index in [4.69, 9.17) is 0 Å². The number of nitrogens with zero attached hydrogens (tertiary/aromatic N) is 2. The number of aromatic nitrogens is 1. The monoisotopic (exact) mass is 300 g/mol. The second-order valence-corrected chi connectivity index (χ2v) is 5.17. The van der Waals surface area contributed by atoms with E-state index in [1.807, 2.05) is 6.07 Å². The minimum absolute atomic E-state index is 0.170. The van der Waals surface area contributed by atoms with Crippen LogP contribution in [0.4, 0.5) is 18.3 Å². The Labute approximate surface area is 117 Å². The molecule has 0 aliphatic heterocycles. The van der Waals surface area contributed by atoms with E-state index in [-0.39, 0.29) is 5.13 Å². The summed E-state index contributed by atoms with van der Waals surface area (Å²) in [6, 6.07) is 8.89. The van der Waals surface area contributed by atoms with Gasteiger partial charge in [-0.25, -0.2) is 4.98 Å². The van der Waals surface area contributed by atoms with Gasteiger partial charge in [-0.3, -0.25) is 4.79 Å². The van der Waals surface area contributed by atoms with Gasteiger partial charge in [0.15, 0.2) is 11.4 Å². The summed E-state index contributed by atoms with van der Waals surface area (Å²) in [5.74, 6) is 0. The van der Waals surface area contributed by atoms with Crippen LogP contribution in [0.3, 0.4) is 0 Å². The molecule has 7 heteroatoms. The number of rotatable bonds is 4. The molecule has 0 radical (unpaired) electrons. The Bertz CT molecular complexity index is 595. The molecule has 0 bridgehead atoms. The molecule has 0 saturated carbocycles. The van der Waals surface area contributed by atoms with Gasteiger partial charge in [0.05, 0.1) is 10.6 Å². The lowest BCUT2D eigenvalue weighted by atomic mass is 10.1. The van der Waals surface area contributed by atoms with Gasteiger partial charge in [-0.1, -0.05) is 41.7 Å². The standard InChI is InChI=1S/C13H11F3N2OS/c1-18(8-13(14,15)16)12-17-11(10(7-19)20-12)9-5-3-2-4-6-9/h2-7H,8H2,1H3. The van der Waals surface area contributed by atoms with Gasteiger partial charge in [-0.2, -0.15) is 13.2 Å². The second kappa shape index (κ2) is 5.62. The minimum atomic E-state index is -4.31. The maximum Gasteiger partial charge on any atom is 0.405 e. The third-order valence-electron chi connectivity index (χ3n) is 2.54. The van der Waals surface area contributed by atoms with Crippen LogP contribution in [0, 0.1) is 0 Å². The van der Waals surface area contributed by atoms with Crippen molar-refractivity contribution >= 4 is 22.8 Å². The molecule has 106 valence electrons. The van der Waals surface area contributed by atoms with Crippen LogP contribution in [0.15, 0.2) is 30.3 Å². The van der Waals surface area contributed by atoms with Gasteiger partial charge in [0, 0.05) is 12.6 Å². The molecule has 3 nitrogen and oxygen atoms in total. The maximum absolute atomic E-state index is 12.4. The third-order valence-corrected chi connectivity index (χ3v) is 3.63. The molecule has 2 rings (SSSR count). The smallest absolute Gasteiger partial charge is 0.342 e. The molecule has 1 heterocycles. The normalized spacial score (nSPS) is 11.4. The zero-order chi connectivity index (χ0) is 14.8. The summed E-state index contributed by atoms with van der Waals surface area (Å²) < 4.78 is 37.1. The molecule has 0 aliphatic rings. The summed E-state index contributed by atoms with van der Waals surface area (Å²) in [5.41, 5.74) is 1.12. The van der Waals surface area contributed by atoms with Crippen LogP contribution in [-0.4, -0.2) is 31.0 Å². The number of thiazole rings is 1. The van der Waals surface area contributed by atoms with Gasteiger partial charge in [0.2, 0.25) is 0 Å². The number of carbonyl (C=O) groups is 1. The summed E-state index contributed by atoms with van der Waals surface area (Å²) in [6.07, 6.45) is -3.69. The summed E-state index contributed by atoms with van der Waals surface area (Å²) >= 11 is 0.950. The van der Waals surface area contributed by atoms with E-state index < -0.39 is 12.7 Å². The highest BCUT2D eigenvalue weighted by Gasteiger charge is 2.30. The topological polar surface area (TPSA) is 33.2 Å². The zero-order valence-electron chi connectivity index (χ0n) is 10.5. The fourth-order valence-electron chi connectivity index (χ4n) is 1.70. The van der Waals surface area contributed by atoms with Gasteiger partial charge in [-0.05, 0) is 0 Å². The molecule has 2 aromatic rings. The Hall–Kier alpha value is -1.89. The zero-order valence-corrected chi connectivity index (χ0v) is 11.3. The predicted octanol–water partition coefficient (Wildman–Crippen LogP) is 3.62. The van der Waals surface area contributed by atoms with Crippen molar-refractivity contribution in [3.05, 3.63) is 35.2 Å². The van der Waals surface area contributed by atoms with E-state index in [0.717, 1.165) is 16.2 Å². The predicted molar refractivity (Wildman–Crippen MR) is 72.3 cm³/mol. The lowest BCUT2D eigenvalue weighted by Crippen LogP contribution is -2.30. The SMILES string of the molecule is CN(CC(F)(F)F)c1nc(-c2ccccc2)c(C=O)s1. The van der Waals surface area contributed by atoms with Gasteiger partial charge >= 0.3 is 6.18 Å². The molecular weight excluding hydrogens is 289 g/mol. The molecule has 0 N–H and O–H groups in total. The number of anilines is 1. The Morgan fingerprint density at radius 3 is 2.50 bits per heavy atom. The number of hydrogen-bond acceptors (Lipinski definition) is 4. The van der Waals surface area contributed by atoms with Crippen molar-refractivity contribution in [2.75, 3.05) is 18.5 Å². The van der Waals surface area contributed by atoms with Crippen LogP contribution < -0.4 is 4.90 Å². The van der Waals surface area contributed by atoms with Gasteiger partial charge in [0.1, 0.15) is 6.54 Å². The van der Waals surface area contributed by atoms with Crippen LogP contribution in [0.2, 0.25) is 0 Å². The molecule has 0 amide bonds. The minimum Gasteiger partial charge on any atom is -0.342 e. The van der Waals surface area contributed by atoms with E-state index in [0.29, 0.717) is 22.4 Å². The molecular formula is C13H11F3N2OS. The highest BCUT2D eigenvalue weighted by molar-refractivity contribution is 7.17. The van der Waals surface area contributed by atoms with Gasteiger partial charge in [0.25, 0.3) is 0 Å². The summed E-state index contributed by atoms with van der Waals surface area (Å²) in [4.78, 5) is 16.5. The lowest BCUT2D eigenvalue weighted by molar-refractivity contribution is -0.119. The van der Waals surface area contributed by atoms with E-state index >= 15 is 0 Å². The van der Waals surface area contributed by atoms with Crippen LogP contribution in [0.5, 0.6) is 0 Å². The highest BCUT2D eigenvalue weighted by atomic mass is 32.1. The van der Waals surface area contributed by atoms with Gasteiger partial charge in [-0.15, -0.1) is 0 Å². The van der Waals surface area contributed by atoms with E-state index in [9.17, 15) is 18.0 Å². The van der Waals surface area contributed by atoms with Crippen LogP contribution in [0.25, 0.3) is 11.3 Å². The average Bonchev–Trinajstić information content (AvgIpc) is 2.82. The van der Waals surface area contributed by atoms with Crippen molar-refractivity contribution in [3.8, 4) is 11.3 Å². The first-order chi connectivity index (χ1) is 9.40. The highest BCUT2D eigenvalue weighted by Crippen LogP contribution is 2.32. The van der Waals surface area contributed by atoms with E-state index in [2.05, 4.69) is 4.98 Å². The van der Waals surface area contributed by atoms with Crippen molar-refractivity contribution in [1.29, 1.82) is 0 Å². The molecule has 0 unspecified atom stereocenters. The Morgan fingerprint density at radius 2 is 1.95 bits per heavy atom. The van der Waals surface area contributed by atoms with Crippen LogP contribution in [0.1, 0.15) is 9.67 Å². The van der Waals surface area contributed by atoms with E-state index in [1.54, 1.807) is 24.3 Å². The van der Waals surface area contributed by atoms with Crippen LogP contribution >= 0.6 is 11.3 Å². The molecule has 0 saturated heterocycles. The van der Waals surface area contributed by atoms with Crippen molar-refractivity contribution in [1.82, 2.24) is 4.98 Å². The number of carbonyl (C=O) groups excluding carboxylic acids is 1. The summed E-state index contributed by atoms with van der Waals surface area (Å²) in [6.45, 7) is -1.10. The molecule has 0 aliphatic carbocycles. The Balaban J connectivity index is 2.34. The fourth-order valence-corrected chi connectivity index (χ4v) is 2.57. The number of hydrogen-bond donors (Lipinski definition) is 0. The largest absolute Gasteiger partial charge is 0.405 e. The first kappa shape index (κ1) is 14.5. The number of aldehydes is 1. The molecule has 1 aromatic carbocycles. The third kappa shape index (κ3) is 3.36. The molecule has 0 spiro atoms. The van der Waals surface area contributed by atoms with Crippen molar-refractivity contribution in [2.45, 2.75) is 6.18 Å². The van der Waals surface area contributed by atoms with Crippen molar-refractivity contribution in [3.63, 3.8) is 0 Å². The molecule has 1 aromatic heterocycles. The van der Waals surface area contributed by atoms with E-state index in [1.165, 1.54) is 7.05 Å². The van der Waals surface area contributed by atoms with Crippen LogP contribution in [-0.2, 0) is 0 Å².